The second kappa shape index (κ2) is 7.45. The van der Waals surface area contributed by atoms with Gasteiger partial charge in [0.15, 0.2) is 5.78 Å². The fraction of sp³-hybridized carbons (Fsp3) is 0.435. The van der Waals surface area contributed by atoms with Gasteiger partial charge in [0, 0.05) is 25.1 Å². The molecule has 2 atom stereocenters. The summed E-state index contributed by atoms with van der Waals surface area (Å²) in [6, 6.07) is 17.6. The van der Waals surface area contributed by atoms with Crippen molar-refractivity contribution in [3.05, 3.63) is 65.7 Å². The second-order valence-corrected chi connectivity index (χ2v) is 8.16. The smallest absolute Gasteiger partial charge is 0.176 e. The van der Waals surface area contributed by atoms with Crippen molar-refractivity contribution in [1.82, 2.24) is 4.90 Å². The molecule has 4 heteroatoms. The van der Waals surface area contributed by atoms with Crippen molar-refractivity contribution in [3.8, 4) is 5.75 Å². The largest absolute Gasteiger partial charge is 0.497 e. The molecule has 2 fully saturated rings. The number of Topliss-reactive ketones (excluding diaryl/α,β-unsaturated/α-hetero) is 1. The van der Waals surface area contributed by atoms with Crippen LogP contribution in [0.3, 0.4) is 0 Å². The molecule has 2 aromatic carbocycles. The Bertz CT molecular complexity index is 773. The van der Waals surface area contributed by atoms with Gasteiger partial charge >= 0.3 is 0 Å². The quantitative estimate of drug-likeness (QED) is 0.799. The van der Waals surface area contributed by atoms with Crippen LogP contribution in [0, 0.1) is 11.8 Å². The summed E-state index contributed by atoms with van der Waals surface area (Å²) >= 11 is 0. The van der Waals surface area contributed by atoms with E-state index in [2.05, 4.69) is 17.0 Å². The summed E-state index contributed by atoms with van der Waals surface area (Å²) in [6.45, 7) is 2.27. The molecular formula is C23H27NO3. The van der Waals surface area contributed by atoms with Gasteiger partial charge in [0.1, 0.15) is 5.75 Å². The minimum absolute atomic E-state index is 0.150. The van der Waals surface area contributed by atoms with Crippen LogP contribution in [-0.2, 0) is 6.42 Å². The standard InChI is InChI=1S/C23H27NO3/c1-27-21-9-7-18(8-10-21)22(25)16-24-14-19-12-23(26,13-20(19)15-24)11-17-5-3-2-4-6-17/h2-10,19-20,26H,11-16H2,1H3. The Labute approximate surface area is 160 Å². The lowest BCUT2D eigenvalue weighted by atomic mass is 9.91. The number of fused-ring (bicyclic) bond motifs is 1. The first-order valence-electron chi connectivity index (χ1n) is 9.70. The number of carbonyl (C=O) groups excluding carboxylic acids is 1. The lowest BCUT2D eigenvalue weighted by Crippen LogP contribution is -2.34. The van der Waals surface area contributed by atoms with E-state index in [1.807, 2.05) is 42.5 Å². The molecule has 2 aliphatic rings. The van der Waals surface area contributed by atoms with Crippen molar-refractivity contribution in [1.29, 1.82) is 0 Å². The summed E-state index contributed by atoms with van der Waals surface area (Å²) in [4.78, 5) is 14.8. The Kier molecular flexibility index (Phi) is 5.02. The predicted octanol–water partition coefficient (Wildman–Crippen LogP) is 3.19. The molecule has 0 spiro atoms. The van der Waals surface area contributed by atoms with Crippen LogP contribution in [0.1, 0.15) is 28.8 Å². The molecule has 142 valence electrons. The zero-order valence-corrected chi connectivity index (χ0v) is 15.8. The summed E-state index contributed by atoms with van der Waals surface area (Å²) in [5, 5.41) is 11.0. The average Bonchev–Trinajstić information content (AvgIpc) is 3.16. The maximum atomic E-state index is 12.6. The number of benzene rings is 2. The Morgan fingerprint density at radius 1 is 1.07 bits per heavy atom. The lowest BCUT2D eigenvalue weighted by Gasteiger charge is -2.26. The van der Waals surface area contributed by atoms with Crippen molar-refractivity contribution in [2.45, 2.75) is 24.9 Å². The molecule has 0 bridgehead atoms. The topological polar surface area (TPSA) is 49.8 Å². The van der Waals surface area contributed by atoms with Crippen molar-refractivity contribution in [2.24, 2.45) is 11.8 Å². The molecule has 0 amide bonds. The van der Waals surface area contributed by atoms with Gasteiger partial charge in [0.2, 0.25) is 0 Å². The van der Waals surface area contributed by atoms with Gasteiger partial charge in [0.05, 0.1) is 19.3 Å². The highest BCUT2D eigenvalue weighted by Crippen LogP contribution is 2.45. The Balaban J connectivity index is 1.32. The van der Waals surface area contributed by atoms with Crippen molar-refractivity contribution < 1.29 is 14.6 Å². The van der Waals surface area contributed by atoms with E-state index < -0.39 is 5.60 Å². The summed E-state index contributed by atoms with van der Waals surface area (Å²) in [5.41, 5.74) is 1.34. The number of methoxy groups -OCH3 is 1. The van der Waals surface area contributed by atoms with Crippen LogP contribution < -0.4 is 4.74 Å². The van der Waals surface area contributed by atoms with Crippen molar-refractivity contribution in [3.63, 3.8) is 0 Å². The lowest BCUT2D eigenvalue weighted by molar-refractivity contribution is 0.0355. The second-order valence-electron chi connectivity index (χ2n) is 8.16. The van der Waals surface area contributed by atoms with Crippen LogP contribution in [-0.4, -0.2) is 48.1 Å². The molecule has 1 aliphatic heterocycles. The fourth-order valence-electron chi connectivity index (χ4n) is 4.88. The van der Waals surface area contributed by atoms with E-state index >= 15 is 0 Å². The third-order valence-corrected chi connectivity index (χ3v) is 6.09. The molecule has 1 saturated carbocycles. The van der Waals surface area contributed by atoms with E-state index in [1.54, 1.807) is 7.11 Å². The number of ketones is 1. The van der Waals surface area contributed by atoms with Crippen molar-refractivity contribution in [2.75, 3.05) is 26.7 Å². The SMILES string of the molecule is COc1ccc(C(=O)CN2CC3CC(O)(Cc4ccccc4)CC3C2)cc1. The van der Waals surface area contributed by atoms with Gasteiger partial charge in [-0.15, -0.1) is 0 Å². The molecule has 1 aliphatic carbocycles. The number of hydrogen-bond acceptors (Lipinski definition) is 4. The molecule has 4 rings (SSSR count). The van der Waals surface area contributed by atoms with E-state index in [4.69, 9.17) is 4.74 Å². The molecule has 27 heavy (non-hydrogen) atoms. The molecule has 1 saturated heterocycles. The summed E-state index contributed by atoms with van der Waals surface area (Å²) in [7, 11) is 1.62. The highest BCUT2D eigenvalue weighted by atomic mass is 16.5. The number of aliphatic hydroxyl groups is 1. The number of nitrogens with zero attached hydrogens (tertiary/aromatic N) is 1. The van der Waals surface area contributed by atoms with Gasteiger partial charge in [0.25, 0.3) is 0 Å². The molecule has 2 unspecified atom stereocenters. The Morgan fingerprint density at radius 3 is 2.30 bits per heavy atom. The zero-order valence-electron chi connectivity index (χ0n) is 15.8. The predicted molar refractivity (Wildman–Crippen MR) is 105 cm³/mol. The zero-order chi connectivity index (χ0) is 18.9. The third kappa shape index (κ3) is 4.07. The van der Waals surface area contributed by atoms with E-state index in [0.29, 0.717) is 18.4 Å². The summed E-state index contributed by atoms with van der Waals surface area (Å²) < 4.78 is 5.15. The molecule has 0 aromatic heterocycles. The van der Waals surface area contributed by atoms with Crippen LogP contribution in [0.4, 0.5) is 0 Å². The first kappa shape index (κ1) is 18.2. The fourth-order valence-corrected chi connectivity index (χ4v) is 4.88. The van der Waals surface area contributed by atoms with Crippen LogP contribution >= 0.6 is 0 Å². The van der Waals surface area contributed by atoms with Crippen LogP contribution in [0.25, 0.3) is 0 Å². The molecule has 0 radical (unpaired) electrons. The minimum Gasteiger partial charge on any atom is -0.497 e. The van der Waals surface area contributed by atoms with Crippen LogP contribution in [0.2, 0.25) is 0 Å². The number of likely N-dealkylation sites (tertiary alicyclic amines) is 1. The van der Waals surface area contributed by atoms with Crippen LogP contribution in [0.5, 0.6) is 5.75 Å². The minimum atomic E-state index is -0.594. The number of rotatable bonds is 6. The number of ether oxygens (including phenoxy) is 1. The monoisotopic (exact) mass is 365 g/mol. The first-order chi connectivity index (χ1) is 13.0. The normalized spacial score (nSPS) is 27.5. The van der Waals surface area contributed by atoms with Gasteiger partial charge in [-0.05, 0) is 54.5 Å². The van der Waals surface area contributed by atoms with E-state index in [9.17, 15) is 9.90 Å². The maximum Gasteiger partial charge on any atom is 0.176 e. The van der Waals surface area contributed by atoms with Gasteiger partial charge in [-0.3, -0.25) is 9.69 Å². The summed E-state index contributed by atoms with van der Waals surface area (Å²) in [6.07, 6.45) is 2.39. The van der Waals surface area contributed by atoms with Gasteiger partial charge in [-0.25, -0.2) is 0 Å². The molecule has 2 aromatic rings. The number of carbonyl (C=O) groups is 1. The van der Waals surface area contributed by atoms with E-state index in [1.165, 1.54) is 5.56 Å². The summed E-state index contributed by atoms with van der Waals surface area (Å²) in [5.74, 6) is 1.89. The van der Waals surface area contributed by atoms with Crippen molar-refractivity contribution >= 4 is 5.78 Å². The Hall–Kier alpha value is -2.17. The average molecular weight is 365 g/mol. The highest BCUT2D eigenvalue weighted by Gasteiger charge is 2.48. The highest BCUT2D eigenvalue weighted by molar-refractivity contribution is 5.97. The first-order valence-corrected chi connectivity index (χ1v) is 9.70. The maximum absolute atomic E-state index is 12.6. The third-order valence-electron chi connectivity index (χ3n) is 6.09. The molecule has 4 nitrogen and oxygen atoms in total. The van der Waals surface area contributed by atoms with Gasteiger partial charge in [-0.1, -0.05) is 30.3 Å². The number of hydrogen-bond donors (Lipinski definition) is 1. The molecule has 1 N–H and O–H groups in total. The molecular weight excluding hydrogens is 338 g/mol. The van der Waals surface area contributed by atoms with Gasteiger partial charge < -0.3 is 9.84 Å². The van der Waals surface area contributed by atoms with E-state index in [-0.39, 0.29) is 5.78 Å². The Morgan fingerprint density at radius 2 is 1.70 bits per heavy atom. The van der Waals surface area contributed by atoms with Crippen LogP contribution in [0.15, 0.2) is 54.6 Å². The molecule has 1 heterocycles. The van der Waals surface area contributed by atoms with Gasteiger partial charge in [-0.2, -0.15) is 0 Å². The van der Waals surface area contributed by atoms with E-state index in [0.717, 1.165) is 43.7 Å².